The van der Waals surface area contributed by atoms with Crippen LogP contribution in [0.15, 0.2) is 24.3 Å². The van der Waals surface area contributed by atoms with Crippen molar-refractivity contribution in [1.29, 1.82) is 5.26 Å². The van der Waals surface area contributed by atoms with E-state index in [1.807, 2.05) is 13.0 Å². The number of nitrogens with two attached hydrogens (primary N) is 1. The first-order valence-corrected chi connectivity index (χ1v) is 5.56. The summed E-state index contributed by atoms with van der Waals surface area (Å²) in [7, 11) is 1.68. The van der Waals surface area contributed by atoms with Gasteiger partial charge in [-0.15, -0.1) is 0 Å². The summed E-state index contributed by atoms with van der Waals surface area (Å²) < 4.78 is 0. The van der Waals surface area contributed by atoms with E-state index in [-0.39, 0.29) is 11.8 Å². The van der Waals surface area contributed by atoms with E-state index in [0.717, 1.165) is 0 Å². The maximum atomic E-state index is 11.9. The maximum Gasteiger partial charge on any atom is 0.227 e. The molecule has 2 N–H and O–H groups in total. The topological polar surface area (TPSA) is 70.1 Å². The highest BCUT2D eigenvalue weighted by Gasteiger charge is 2.16. The van der Waals surface area contributed by atoms with Crippen LogP contribution in [-0.2, 0) is 4.79 Å². The molecule has 0 aromatic heterocycles. The van der Waals surface area contributed by atoms with Crippen LogP contribution in [0, 0.1) is 17.2 Å². The molecule has 0 aliphatic carbocycles. The average Bonchev–Trinajstić information content (AvgIpc) is 2.37. The minimum atomic E-state index is -0.0225. The second-order valence-corrected chi connectivity index (χ2v) is 4.13. The van der Waals surface area contributed by atoms with Gasteiger partial charge in [0, 0.05) is 13.5 Å². The summed E-state index contributed by atoms with van der Waals surface area (Å²) in [5.74, 6) is 0.129. The number of anilines is 1. The van der Waals surface area contributed by atoms with Crippen LogP contribution in [0.4, 0.5) is 5.69 Å². The van der Waals surface area contributed by atoms with E-state index in [1.165, 1.54) is 4.90 Å². The van der Waals surface area contributed by atoms with E-state index in [2.05, 4.69) is 6.07 Å². The molecule has 1 atom stereocenters. The number of nitriles is 1. The zero-order valence-corrected chi connectivity index (χ0v) is 10.2. The maximum absolute atomic E-state index is 11.9. The van der Waals surface area contributed by atoms with Gasteiger partial charge in [-0.3, -0.25) is 4.79 Å². The van der Waals surface area contributed by atoms with Crippen LogP contribution < -0.4 is 10.6 Å². The fourth-order valence-corrected chi connectivity index (χ4v) is 1.51. The molecular weight excluding hydrogens is 214 g/mol. The number of hydrogen-bond acceptors (Lipinski definition) is 3. The standard InChI is InChI=1S/C13H17N3O/c1-10(8-14)7-13(17)16(2)12-6-4-3-5-11(12)9-15/h3-6,10H,7-8,14H2,1-2H3. The first kappa shape index (κ1) is 13.2. The van der Waals surface area contributed by atoms with Gasteiger partial charge in [-0.1, -0.05) is 19.1 Å². The van der Waals surface area contributed by atoms with Crippen LogP contribution in [0.2, 0.25) is 0 Å². The Hall–Kier alpha value is -1.86. The van der Waals surface area contributed by atoms with Gasteiger partial charge in [0.25, 0.3) is 0 Å². The van der Waals surface area contributed by atoms with E-state index >= 15 is 0 Å². The lowest BCUT2D eigenvalue weighted by Gasteiger charge is -2.20. The van der Waals surface area contributed by atoms with Gasteiger partial charge >= 0.3 is 0 Å². The molecule has 0 saturated heterocycles. The monoisotopic (exact) mass is 231 g/mol. The van der Waals surface area contributed by atoms with Crippen LogP contribution in [0.5, 0.6) is 0 Å². The summed E-state index contributed by atoms with van der Waals surface area (Å²) in [4.78, 5) is 13.5. The highest BCUT2D eigenvalue weighted by atomic mass is 16.2. The molecule has 90 valence electrons. The number of carbonyl (C=O) groups excluding carboxylic acids is 1. The van der Waals surface area contributed by atoms with Crippen molar-refractivity contribution < 1.29 is 4.79 Å². The third-order valence-electron chi connectivity index (χ3n) is 2.69. The van der Waals surface area contributed by atoms with Gasteiger partial charge in [-0.2, -0.15) is 5.26 Å². The third kappa shape index (κ3) is 3.30. The largest absolute Gasteiger partial charge is 0.330 e. The van der Waals surface area contributed by atoms with Gasteiger partial charge < -0.3 is 10.6 Å². The van der Waals surface area contributed by atoms with Crippen molar-refractivity contribution in [2.75, 3.05) is 18.5 Å². The SMILES string of the molecule is CC(CN)CC(=O)N(C)c1ccccc1C#N. The van der Waals surface area contributed by atoms with Crippen molar-refractivity contribution in [1.82, 2.24) is 0 Å². The van der Waals surface area contributed by atoms with Crippen molar-refractivity contribution in [2.24, 2.45) is 11.7 Å². The van der Waals surface area contributed by atoms with Gasteiger partial charge in [0.05, 0.1) is 11.3 Å². The third-order valence-corrected chi connectivity index (χ3v) is 2.69. The molecule has 0 spiro atoms. The quantitative estimate of drug-likeness (QED) is 0.853. The van der Waals surface area contributed by atoms with Crippen LogP contribution in [0.1, 0.15) is 18.9 Å². The normalized spacial score (nSPS) is 11.6. The molecule has 0 radical (unpaired) electrons. The molecule has 4 nitrogen and oxygen atoms in total. The predicted molar refractivity (Wildman–Crippen MR) is 67.4 cm³/mol. The molecule has 1 amide bonds. The Morgan fingerprint density at radius 3 is 2.76 bits per heavy atom. The fraction of sp³-hybridized carbons (Fsp3) is 0.385. The Balaban J connectivity index is 2.86. The number of amides is 1. The Bertz CT molecular complexity index is 437. The summed E-state index contributed by atoms with van der Waals surface area (Å²) in [6, 6.07) is 9.14. The van der Waals surface area contributed by atoms with Crippen molar-refractivity contribution in [3.63, 3.8) is 0 Å². The number of para-hydroxylation sites is 1. The Morgan fingerprint density at radius 1 is 1.53 bits per heavy atom. The summed E-state index contributed by atoms with van der Waals surface area (Å²) in [5.41, 5.74) is 6.64. The number of carbonyl (C=O) groups is 1. The molecule has 0 heterocycles. The first-order valence-electron chi connectivity index (χ1n) is 5.56. The van der Waals surface area contributed by atoms with Crippen LogP contribution in [0.3, 0.4) is 0 Å². The molecule has 1 aromatic rings. The van der Waals surface area contributed by atoms with Gasteiger partial charge in [0.2, 0.25) is 5.91 Å². The molecule has 17 heavy (non-hydrogen) atoms. The predicted octanol–water partition coefficient (Wildman–Crippen LogP) is 1.51. The molecule has 1 unspecified atom stereocenters. The molecule has 0 bridgehead atoms. The molecule has 0 aliphatic rings. The number of nitrogens with zero attached hydrogens (tertiary/aromatic N) is 2. The van der Waals surface area contributed by atoms with E-state index in [4.69, 9.17) is 11.0 Å². The minimum Gasteiger partial charge on any atom is -0.330 e. The highest BCUT2D eigenvalue weighted by Crippen LogP contribution is 2.19. The molecule has 0 aliphatic heterocycles. The van der Waals surface area contributed by atoms with E-state index < -0.39 is 0 Å². The Labute approximate surface area is 102 Å². The first-order chi connectivity index (χ1) is 8.10. The van der Waals surface area contributed by atoms with Gasteiger partial charge in [-0.25, -0.2) is 0 Å². The van der Waals surface area contributed by atoms with Gasteiger partial charge in [0.15, 0.2) is 0 Å². The lowest BCUT2D eigenvalue weighted by molar-refractivity contribution is -0.119. The molecular formula is C13H17N3O. The Morgan fingerprint density at radius 2 is 2.18 bits per heavy atom. The molecule has 4 heteroatoms. The second-order valence-electron chi connectivity index (χ2n) is 4.13. The molecule has 1 aromatic carbocycles. The summed E-state index contributed by atoms with van der Waals surface area (Å²) >= 11 is 0. The molecule has 0 fully saturated rings. The summed E-state index contributed by atoms with van der Waals surface area (Å²) in [6.07, 6.45) is 0.396. The van der Waals surface area contributed by atoms with Crippen LogP contribution in [0.25, 0.3) is 0 Å². The lowest BCUT2D eigenvalue weighted by Crippen LogP contribution is -2.29. The van der Waals surface area contributed by atoms with E-state index in [1.54, 1.807) is 25.2 Å². The van der Waals surface area contributed by atoms with Crippen molar-refractivity contribution in [3.05, 3.63) is 29.8 Å². The van der Waals surface area contributed by atoms with Crippen LogP contribution in [-0.4, -0.2) is 19.5 Å². The highest BCUT2D eigenvalue weighted by molar-refractivity contribution is 5.94. The number of benzene rings is 1. The number of hydrogen-bond donors (Lipinski definition) is 1. The van der Waals surface area contributed by atoms with Crippen LogP contribution >= 0.6 is 0 Å². The number of rotatable bonds is 4. The van der Waals surface area contributed by atoms with Gasteiger partial charge in [-0.05, 0) is 24.6 Å². The van der Waals surface area contributed by atoms with Gasteiger partial charge in [0.1, 0.15) is 6.07 Å². The smallest absolute Gasteiger partial charge is 0.227 e. The molecule has 0 saturated carbocycles. The van der Waals surface area contributed by atoms with Crippen molar-refractivity contribution in [3.8, 4) is 6.07 Å². The Kier molecular flexibility index (Phi) is 4.68. The average molecular weight is 231 g/mol. The van der Waals surface area contributed by atoms with E-state index in [0.29, 0.717) is 24.2 Å². The zero-order chi connectivity index (χ0) is 12.8. The fourth-order valence-electron chi connectivity index (χ4n) is 1.51. The van der Waals surface area contributed by atoms with Crippen molar-refractivity contribution in [2.45, 2.75) is 13.3 Å². The summed E-state index contributed by atoms with van der Waals surface area (Å²) in [5, 5.41) is 8.97. The van der Waals surface area contributed by atoms with E-state index in [9.17, 15) is 4.79 Å². The minimum absolute atomic E-state index is 0.0225. The zero-order valence-electron chi connectivity index (χ0n) is 10.2. The second kappa shape index (κ2) is 6.02. The lowest BCUT2D eigenvalue weighted by atomic mass is 10.1. The summed E-state index contributed by atoms with van der Waals surface area (Å²) in [6.45, 7) is 2.42. The van der Waals surface area contributed by atoms with Crippen molar-refractivity contribution >= 4 is 11.6 Å². The molecule has 1 rings (SSSR count).